The lowest BCUT2D eigenvalue weighted by molar-refractivity contribution is 0.0921. The van der Waals surface area contributed by atoms with E-state index in [9.17, 15) is 4.79 Å². The average Bonchev–Trinajstić information content (AvgIpc) is 2.90. The highest BCUT2D eigenvalue weighted by atomic mass is 16.5. The third-order valence-corrected chi connectivity index (χ3v) is 3.79. The molecule has 1 heterocycles. The van der Waals surface area contributed by atoms with E-state index in [1.165, 1.54) is 5.56 Å². The standard InChI is InChI=1S/C16H24N2O2/c1-16(2,7-9-20-3)11-18-15(19)13-4-5-14-12(10-13)6-8-17-14/h4-5,10,17H,6-9,11H2,1-3H3,(H,18,19). The molecule has 0 unspecified atom stereocenters. The zero-order valence-electron chi connectivity index (χ0n) is 12.6. The molecular formula is C16H24N2O2. The maximum Gasteiger partial charge on any atom is 0.251 e. The van der Waals surface area contributed by atoms with Gasteiger partial charge in [-0.1, -0.05) is 13.8 Å². The molecule has 0 fully saturated rings. The second-order valence-electron chi connectivity index (χ2n) is 6.14. The summed E-state index contributed by atoms with van der Waals surface area (Å²) in [6, 6.07) is 5.87. The van der Waals surface area contributed by atoms with E-state index < -0.39 is 0 Å². The van der Waals surface area contributed by atoms with Gasteiger partial charge in [0.25, 0.3) is 5.91 Å². The van der Waals surface area contributed by atoms with Crippen LogP contribution in [0.3, 0.4) is 0 Å². The van der Waals surface area contributed by atoms with E-state index in [0.717, 1.165) is 30.6 Å². The van der Waals surface area contributed by atoms with E-state index in [2.05, 4.69) is 24.5 Å². The lowest BCUT2D eigenvalue weighted by atomic mass is 9.89. The fourth-order valence-corrected chi connectivity index (χ4v) is 2.33. The monoisotopic (exact) mass is 276 g/mol. The van der Waals surface area contributed by atoms with Crippen molar-refractivity contribution in [3.8, 4) is 0 Å². The maximum absolute atomic E-state index is 12.2. The van der Waals surface area contributed by atoms with E-state index in [4.69, 9.17) is 4.74 Å². The summed E-state index contributed by atoms with van der Waals surface area (Å²) in [5, 5.41) is 6.32. The topological polar surface area (TPSA) is 50.4 Å². The fraction of sp³-hybridized carbons (Fsp3) is 0.562. The van der Waals surface area contributed by atoms with Crippen LogP contribution in [0.2, 0.25) is 0 Å². The molecule has 0 saturated carbocycles. The van der Waals surface area contributed by atoms with E-state index in [1.54, 1.807) is 7.11 Å². The molecule has 2 rings (SSSR count). The van der Waals surface area contributed by atoms with Gasteiger partial charge in [0.1, 0.15) is 0 Å². The first kappa shape index (κ1) is 14.9. The zero-order chi connectivity index (χ0) is 14.6. The summed E-state index contributed by atoms with van der Waals surface area (Å²) in [6.45, 7) is 6.61. The number of hydrogen-bond donors (Lipinski definition) is 2. The molecule has 2 N–H and O–H groups in total. The van der Waals surface area contributed by atoms with Crippen molar-refractivity contribution in [2.75, 3.05) is 32.1 Å². The van der Waals surface area contributed by atoms with Crippen molar-refractivity contribution in [3.05, 3.63) is 29.3 Å². The van der Waals surface area contributed by atoms with Gasteiger partial charge in [0.2, 0.25) is 0 Å². The van der Waals surface area contributed by atoms with Crippen LogP contribution in [-0.2, 0) is 11.2 Å². The number of methoxy groups -OCH3 is 1. The number of hydrogen-bond acceptors (Lipinski definition) is 3. The molecule has 20 heavy (non-hydrogen) atoms. The fourth-order valence-electron chi connectivity index (χ4n) is 2.33. The summed E-state index contributed by atoms with van der Waals surface area (Å²) in [7, 11) is 1.70. The Morgan fingerprint density at radius 3 is 3.00 bits per heavy atom. The second kappa shape index (κ2) is 6.27. The van der Waals surface area contributed by atoms with E-state index in [-0.39, 0.29) is 11.3 Å². The van der Waals surface area contributed by atoms with Crippen LogP contribution in [0, 0.1) is 5.41 Å². The Hall–Kier alpha value is -1.55. The first-order valence-electron chi connectivity index (χ1n) is 7.16. The van der Waals surface area contributed by atoms with Crippen molar-refractivity contribution in [1.82, 2.24) is 5.32 Å². The zero-order valence-corrected chi connectivity index (χ0v) is 12.6. The number of fused-ring (bicyclic) bond motifs is 1. The van der Waals surface area contributed by atoms with Gasteiger partial charge in [-0.05, 0) is 42.0 Å². The highest BCUT2D eigenvalue weighted by molar-refractivity contribution is 5.95. The molecule has 4 nitrogen and oxygen atoms in total. The molecular weight excluding hydrogens is 252 g/mol. The number of carbonyl (C=O) groups is 1. The number of nitrogens with one attached hydrogen (secondary N) is 2. The number of ether oxygens (including phenoxy) is 1. The molecule has 0 saturated heterocycles. The smallest absolute Gasteiger partial charge is 0.251 e. The SMILES string of the molecule is COCCC(C)(C)CNC(=O)c1ccc2c(c1)CCN2. The van der Waals surface area contributed by atoms with Gasteiger partial charge >= 0.3 is 0 Å². The van der Waals surface area contributed by atoms with Gasteiger partial charge in [-0.15, -0.1) is 0 Å². The van der Waals surface area contributed by atoms with Crippen molar-refractivity contribution in [2.45, 2.75) is 26.7 Å². The van der Waals surface area contributed by atoms with Gasteiger partial charge in [-0.3, -0.25) is 4.79 Å². The van der Waals surface area contributed by atoms with Crippen LogP contribution in [0.5, 0.6) is 0 Å². The summed E-state index contributed by atoms with van der Waals surface area (Å²) in [5.41, 5.74) is 3.18. The largest absolute Gasteiger partial charge is 0.385 e. The first-order chi connectivity index (χ1) is 9.52. The number of amides is 1. The van der Waals surface area contributed by atoms with Crippen molar-refractivity contribution >= 4 is 11.6 Å². The molecule has 0 atom stereocenters. The van der Waals surface area contributed by atoms with Gasteiger partial charge in [0.05, 0.1) is 0 Å². The number of anilines is 1. The van der Waals surface area contributed by atoms with Gasteiger partial charge in [-0.2, -0.15) is 0 Å². The predicted molar refractivity (Wildman–Crippen MR) is 81.2 cm³/mol. The van der Waals surface area contributed by atoms with Crippen LogP contribution < -0.4 is 10.6 Å². The number of rotatable bonds is 6. The third kappa shape index (κ3) is 3.73. The summed E-state index contributed by atoms with van der Waals surface area (Å²) < 4.78 is 5.10. The Labute approximate surface area is 120 Å². The molecule has 1 aromatic rings. The maximum atomic E-state index is 12.2. The first-order valence-corrected chi connectivity index (χ1v) is 7.16. The quantitative estimate of drug-likeness (QED) is 0.839. The summed E-state index contributed by atoms with van der Waals surface area (Å²) in [4.78, 5) is 12.2. The Balaban J connectivity index is 1.92. The number of carbonyl (C=O) groups excluding carboxylic acids is 1. The van der Waals surface area contributed by atoms with E-state index in [1.807, 2.05) is 18.2 Å². The van der Waals surface area contributed by atoms with E-state index >= 15 is 0 Å². The van der Waals surface area contributed by atoms with Crippen LogP contribution in [0.1, 0.15) is 36.2 Å². The molecule has 0 aliphatic carbocycles. The van der Waals surface area contributed by atoms with Crippen LogP contribution in [0.25, 0.3) is 0 Å². The molecule has 4 heteroatoms. The minimum atomic E-state index is 0.00481. The van der Waals surface area contributed by atoms with Crippen molar-refractivity contribution in [3.63, 3.8) is 0 Å². The molecule has 0 aromatic heterocycles. The third-order valence-electron chi connectivity index (χ3n) is 3.79. The van der Waals surface area contributed by atoms with Crippen molar-refractivity contribution < 1.29 is 9.53 Å². The lowest BCUT2D eigenvalue weighted by Crippen LogP contribution is -2.34. The minimum absolute atomic E-state index is 0.00481. The van der Waals surface area contributed by atoms with Crippen LogP contribution >= 0.6 is 0 Å². The van der Waals surface area contributed by atoms with E-state index in [0.29, 0.717) is 13.2 Å². The van der Waals surface area contributed by atoms with Crippen molar-refractivity contribution in [2.24, 2.45) is 5.41 Å². The van der Waals surface area contributed by atoms with Gasteiger partial charge < -0.3 is 15.4 Å². The molecule has 0 bridgehead atoms. The highest BCUT2D eigenvalue weighted by Crippen LogP contribution is 2.23. The summed E-state index contributed by atoms with van der Waals surface area (Å²) in [6.07, 6.45) is 1.92. The normalized spacial score (nSPS) is 13.8. The molecule has 1 aliphatic heterocycles. The second-order valence-corrected chi connectivity index (χ2v) is 6.14. The van der Waals surface area contributed by atoms with Gasteiger partial charge in [-0.25, -0.2) is 0 Å². The Morgan fingerprint density at radius 1 is 1.45 bits per heavy atom. The number of benzene rings is 1. The molecule has 1 aliphatic rings. The van der Waals surface area contributed by atoms with Crippen LogP contribution in [0.4, 0.5) is 5.69 Å². The minimum Gasteiger partial charge on any atom is -0.385 e. The molecule has 0 radical (unpaired) electrons. The summed E-state index contributed by atoms with van der Waals surface area (Å²) in [5.74, 6) is 0.00481. The Bertz CT molecular complexity index is 483. The Morgan fingerprint density at radius 2 is 2.25 bits per heavy atom. The van der Waals surface area contributed by atoms with Gasteiger partial charge in [0.15, 0.2) is 0 Å². The molecule has 1 aromatic carbocycles. The molecule has 1 amide bonds. The van der Waals surface area contributed by atoms with Crippen molar-refractivity contribution in [1.29, 1.82) is 0 Å². The predicted octanol–water partition coefficient (Wildman–Crippen LogP) is 2.45. The lowest BCUT2D eigenvalue weighted by Gasteiger charge is -2.24. The summed E-state index contributed by atoms with van der Waals surface area (Å²) >= 11 is 0. The highest BCUT2D eigenvalue weighted by Gasteiger charge is 2.19. The van der Waals surface area contributed by atoms with Gasteiger partial charge in [0, 0.05) is 38.1 Å². The van der Waals surface area contributed by atoms with Crippen LogP contribution in [-0.4, -0.2) is 32.7 Å². The Kier molecular flexibility index (Phi) is 4.65. The average molecular weight is 276 g/mol. The molecule has 0 spiro atoms. The van der Waals surface area contributed by atoms with Crippen LogP contribution in [0.15, 0.2) is 18.2 Å². The molecule has 110 valence electrons.